The second-order valence-corrected chi connectivity index (χ2v) is 7.69. The van der Waals surface area contributed by atoms with Crippen LogP contribution in [-0.2, 0) is 0 Å². The van der Waals surface area contributed by atoms with Crippen molar-refractivity contribution in [1.29, 1.82) is 0 Å². The number of carbonyl (C=O) groups excluding carboxylic acids is 1. The molecule has 2 aromatic rings. The van der Waals surface area contributed by atoms with Gasteiger partial charge in [0.1, 0.15) is 5.75 Å². The first-order valence-corrected chi connectivity index (χ1v) is 9.10. The Morgan fingerprint density at radius 2 is 1.96 bits per heavy atom. The van der Waals surface area contributed by atoms with Crippen LogP contribution in [-0.4, -0.2) is 29.6 Å². The molecule has 3 unspecified atom stereocenters. The van der Waals surface area contributed by atoms with Crippen LogP contribution in [0.3, 0.4) is 0 Å². The monoisotopic (exact) mass is 340 g/mol. The summed E-state index contributed by atoms with van der Waals surface area (Å²) in [7, 11) is 0. The summed E-state index contributed by atoms with van der Waals surface area (Å²) in [5.41, 5.74) is 0.700. The third-order valence-corrected chi connectivity index (χ3v) is 5.85. The van der Waals surface area contributed by atoms with E-state index in [4.69, 9.17) is 0 Å². The van der Waals surface area contributed by atoms with E-state index in [0.29, 0.717) is 23.6 Å². The lowest BCUT2D eigenvalue weighted by atomic mass is 10.0. The number of benzene rings is 2. The maximum absolute atomic E-state index is 12.4. The van der Waals surface area contributed by atoms with Crippen LogP contribution in [0.15, 0.2) is 58.3 Å². The lowest BCUT2D eigenvalue weighted by Crippen LogP contribution is -2.44. The number of amides is 1. The Bertz CT molecular complexity index is 747. The number of carbonyl (C=O) groups is 1. The summed E-state index contributed by atoms with van der Waals surface area (Å²) in [6, 6.07) is 15.7. The van der Waals surface area contributed by atoms with Gasteiger partial charge in [0.05, 0.1) is 0 Å². The van der Waals surface area contributed by atoms with E-state index in [1.165, 1.54) is 6.42 Å². The molecule has 2 bridgehead atoms. The fourth-order valence-corrected chi connectivity index (χ4v) is 4.49. The molecule has 0 aromatic heterocycles. The maximum atomic E-state index is 12.4. The van der Waals surface area contributed by atoms with E-state index in [1.54, 1.807) is 23.9 Å². The van der Waals surface area contributed by atoms with E-state index in [-0.39, 0.29) is 11.7 Å². The molecule has 5 heteroatoms. The van der Waals surface area contributed by atoms with Crippen molar-refractivity contribution in [2.75, 3.05) is 6.54 Å². The Hall–Kier alpha value is -1.98. The van der Waals surface area contributed by atoms with Crippen LogP contribution in [0, 0.1) is 5.92 Å². The minimum atomic E-state index is 0.0152. The highest BCUT2D eigenvalue weighted by Crippen LogP contribution is 2.32. The zero-order valence-corrected chi connectivity index (χ0v) is 14.1. The number of phenols is 1. The predicted octanol–water partition coefficient (Wildman–Crippen LogP) is 3.02. The first-order valence-electron chi connectivity index (χ1n) is 8.28. The molecule has 0 spiro atoms. The van der Waals surface area contributed by atoms with Crippen molar-refractivity contribution in [1.82, 2.24) is 10.6 Å². The molecule has 24 heavy (non-hydrogen) atoms. The molecule has 2 fully saturated rings. The number of fused-ring (bicyclic) bond motifs is 2. The minimum Gasteiger partial charge on any atom is -0.508 e. The second-order valence-electron chi connectivity index (χ2n) is 6.54. The number of phenolic OH excluding ortho intramolecular Hbond substituents is 1. The van der Waals surface area contributed by atoms with Crippen LogP contribution in [0.5, 0.6) is 5.75 Å². The average Bonchev–Trinajstić information content (AvgIpc) is 3.18. The summed E-state index contributed by atoms with van der Waals surface area (Å²) in [6.07, 6.45) is 2.23. The third kappa shape index (κ3) is 3.28. The van der Waals surface area contributed by atoms with E-state index < -0.39 is 0 Å². The van der Waals surface area contributed by atoms with E-state index in [0.717, 1.165) is 22.8 Å². The van der Waals surface area contributed by atoms with Crippen molar-refractivity contribution in [2.45, 2.75) is 34.7 Å². The highest BCUT2D eigenvalue weighted by molar-refractivity contribution is 7.99. The molecule has 1 aliphatic heterocycles. The standard InChI is InChI=1S/C19H20N2O2S/c22-15-2-1-3-17(10-15)24-16-6-4-12(5-7-16)19(23)21-18-9-14-8-13(18)11-20-14/h1-7,10,13-14,18,20,22H,8-9,11H2,(H,21,23). The van der Waals surface area contributed by atoms with Crippen molar-refractivity contribution < 1.29 is 9.90 Å². The van der Waals surface area contributed by atoms with E-state index in [1.807, 2.05) is 36.4 Å². The summed E-state index contributed by atoms with van der Waals surface area (Å²) in [5, 5.41) is 16.2. The van der Waals surface area contributed by atoms with Crippen molar-refractivity contribution in [3.05, 3.63) is 54.1 Å². The van der Waals surface area contributed by atoms with Gasteiger partial charge in [0.25, 0.3) is 5.91 Å². The van der Waals surface area contributed by atoms with Crippen LogP contribution < -0.4 is 10.6 Å². The number of hydrogen-bond donors (Lipinski definition) is 3. The van der Waals surface area contributed by atoms with Gasteiger partial charge in [-0.1, -0.05) is 17.8 Å². The zero-order chi connectivity index (χ0) is 16.5. The van der Waals surface area contributed by atoms with Gasteiger partial charge in [0.2, 0.25) is 0 Å². The molecule has 3 N–H and O–H groups in total. The number of nitrogens with one attached hydrogen (secondary N) is 2. The van der Waals surface area contributed by atoms with E-state index in [2.05, 4.69) is 10.6 Å². The first-order chi connectivity index (χ1) is 11.7. The molecule has 1 amide bonds. The molecule has 1 aliphatic carbocycles. The summed E-state index contributed by atoms with van der Waals surface area (Å²) < 4.78 is 0. The molecule has 1 heterocycles. The lowest BCUT2D eigenvalue weighted by Gasteiger charge is -2.23. The molecule has 1 saturated carbocycles. The van der Waals surface area contributed by atoms with Crippen LogP contribution in [0.4, 0.5) is 0 Å². The van der Waals surface area contributed by atoms with Crippen LogP contribution >= 0.6 is 11.8 Å². The quantitative estimate of drug-likeness (QED) is 0.801. The van der Waals surface area contributed by atoms with Gasteiger partial charge in [-0.3, -0.25) is 4.79 Å². The Labute approximate surface area is 145 Å². The van der Waals surface area contributed by atoms with E-state index >= 15 is 0 Å². The summed E-state index contributed by atoms with van der Waals surface area (Å²) in [6.45, 7) is 1.02. The average molecular weight is 340 g/mol. The topological polar surface area (TPSA) is 61.4 Å². The molecule has 0 radical (unpaired) electrons. The number of rotatable bonds is 4. The molecular formula is C19H20N2O2S. The highest BCUT2D eigenvalue weighted by Gasteiger charge is 2.39. The fraction of sp³-hybridized carbons (Fsp3) is 0.316. The molecule has 3 atom stereocenters. The van der Waals surface area contributed by atoms with Gasteiger partial charge in [-0.05, 0) is 61.2 Å². The Balaban J connectivity index is 1.39. The van der Waals surface area contributed by atoms with Gasteiger partial charge in [0, 0.05) is 34.0 Å². The van der Waals surface area contributed by atoms with Crippen molar-refractivity contribution in [3.8, 4) is 5.75 Å². The lowest BCUT2D eigenvalue weighted by molar-refractivity contribution is 0.0925. The highest BCUT2D eigenvalue weighted by atomic mass is 32.2. The third-order valence-electron chi connectivity index (χ3n) is 4.85. The van der Waals surface area contributed by atoms with Crippen molar-refractivity contribution >= 4 is 17.7 Å². The Kier molecular flexibility index (Phi) is 4.21. The number of hydrogen-bond acceptors (Lipinski definition) is 4. The van der Waals surface area contributed by atoms with Gasteiger partial charge in [-0.25, -0.2) is 0 Å². The van der Waals surface area contributed by atoms with Gasteiger partial charge in [-0.2, -0.15) is 0 Å². The summed E-state index contributed by atoms with van der Waals surface area (Å²) in [5.74, 6) is 0.859. The molecule has 2 aromatic carbocycles. The maximum Gasteiger partial charge on any atom is 0.251 e. The second kappa shape index (κ2) is 6.49. The zero-order valence-electron chi connectivity index (χ0n) is 13.2. The summed E-state index contributed by atoms with van der Waals surface area (Å²) in [4.78, 5) is 14.4. The fourth-order valence-electron chi connectivity index (χ4n) is 3.62. The number of aromatic hydroxyl groups is 1. The molecule has 2 aliphatic rings. The van der Waals surface area contributed by atoms with Crippen LogP contribution in [0.2, 0.25) is 0 Å². The SMILES string of the molecule is O=C(NC1CC2CC1CN2)c1ccc(Sc2cccc(O)c2)cc1. The molecular weight excluding hydrogens is 320 g/mol. The van der Waals surface area contributed by atoms with Crippen LogP contribution in [0.1, 0.15) is 23.2 Å². The Morgan fingerprint density at radius 3 is 2.62 bits per heavy atom. The van der Waals surface area contributed by atoms with E-state index in [9.17, 15) is 9.90 Å². The number of piperidine rings is 1. The van der Waals surface area contributed by atoms with Gasteiger partial charge < -0.3 is 15.7 Å². The van der Waals surface area contributed by atoms with Gasteiger partial charge >= 0.3 is 0 Å². The van der Waals surface area contributed by atoms with Crippen molar-refractivity contribution in [3.63, 3.8) is 0 Å². The Morgan fingerprint density at radius 1 is 1.12 bits per heavy atom. The van der Waals surface area contributed by atoms with Crippen LogP contribution in [0.25, 0.3) is 0 Å². The minimum absolute atomic E-state index is 0.0152. The molecule has 1 saturated heterocycles. The largest absolute Gasteiger partial charge is 0.508 e. The molecule has 4 rings (SSSR count). The first kappa shape index (κ1) is 15.5. The normalized spacial score (nSPS) is 24.9. The predicted molar refractivity (Wildman–Crippen MR) is 94.4 cm³/mol. The molecule has 4 nitrogen and oxygen atoms in total. The van der Waals surface area contributed by atoms with Crippen molar-refractivity contribution in [2.24, 2.45) is 5.92 Å². The van der Waals surface area contributed by atoms with Gasteiger partial charge in [-0.15, -0.1) is 0 Å². The molecule has 124 valence electrons. The smallest absolute Gasteiger partial charge is 0.251 e. The van der Waals surface area contributed by atoms with Gasteiger partial charge in [0.15, 0.2) is 0 Å². The summed E-state index contributed by atoms with van der Waals surface area (Å²) >= 11 is 1.56.